The highest BCUT2D eigenvalue weighted by atomic mass is 16.4. The quantitative estimate of drug-likeness (QED) is 0.887. The fourth-order valence-electron chi connectivity index (χ4n) is 3.33. The number of likely N-dealkylation sites (tertiary alicyclic amines) is 1. The molecule has 0 radical (unpaired) electrons. The molecule has 0 bridgehead atoms. The van der Waals surface area contributed by atoms with Gasteiger partial charge in [-0.2, -0.15) is 0 Å². The summed E-state index contributed by atoms with van der Waals surface area (Å²) < 4.78 is 0. The van der Waals surface area contributed by atoms with Gasteiger partial charge in [-0.3, -0.25) is 9.78 Å². The summed E-state index contributed by atoms with van der Waals surface area (Å²) in [6.07, 6.45) is 7.84. The van der Waals surface area contributed by atoms with Crippen LogP contribution in [0.15, 0.2) is 18.6 Å². The summed E-state index contributed by atoms with van der Waals surface area (Å²) in [4.78, 5) is 35.8. The number of carbonyl (C=O) groups is 2. The summed E-state index contributed by atoms with van der Waals surface area (Å²) in [5.41, 5.74) is 0. The fraction of sp³-hybridized carbons (Fsp3) is 0.600. The molecule has 7 nitrogen and oxygen atoms in total. The zero-order chi connectivity index (χ0) is 15.5. The maximum atomic E-state index is 12.6. The normalized spacial score (nSPS) is 22.8. The van der Waals surface area contributed by atoms with Crippen LogP contribution >= 0.6 is 0 Å². The molecule has 1 N–H and O–H groups in total. The summed E-state index contributed by atoms with van der Waals surface area (Å²) in [5.74, 6) is -0.127. The van der Waals surface area contributed by atoms with Crippen molar-refractivity contribution < 1.29 is 14.7 Å². The molecule has 1 atom stereocenters. The summed E-state index contributed by atoms with van der Waals surface area (Å²) in [6.45, 7) is 2.07. The molecule has 1 unspecified atom stereocenters. The lowest BCUT2D eigenvalue weighted by Crippen LogP contribution is -2.46. The number of carboxylic acid groups (broad SMARTS) is 1. The van der Waals surface area contributed by atoms with Crippen LogP contribution in [0.1, 0.15) is 25.7 Å². The highest BCUT2D eigenvalue weighted by Gasteiger charge is 2.38. The van der Waals surface area contributed by atoms with Gasteiger partial charge in [-0.05, 0) is 25.7 Å². The van der Waals surface area contributed by atoms with Crippen molar-refractivity contribution in [1.29, 1.82) is 0 Å². The molecule has 2 aliphatic rings. The summed E-state index contributed by atoms with van der Waals surface area (Å²) >= 11 is 0. The number of aliphatic carboxylic acids is 1. The van der Waals surface area contributed by atoms with E-state index in [0.29, 0.717) is 13.0 Å². The Hall–Kier alpha value is -2.18. The number of hydrogen-bond donors (Lipinski definition) is 1. The first kappa shape index (κ1) is 14.7. The SMILES string of the molecule is O=C(O)C1CCCN1C(=O)C1CCN(c2cnccn2)CC1. The van der Waals surface area contributed by atoms with Crippen molar-refractivity contribution in [2.45, 2.75) is 31.7 Å². The number of anilines is 1. The zero-order valence-corrected chi connectivity index (χ0v) is 12.4. The Morgan fingerprint density at radius 3 is 2.55 bits per heavy atom. The first-order chi connectivity index (χ1) is 10.7. The van der Waals surface area contributed by atoms with E-state index in [1.54, 1.807) is 23.5 Å². The molecule has 1 aromatic heterocycles. The third-order valence-electron chi connectivity index (χ3n) is 4.54. The second-order valence-electron chi connectivity index (χ2n) is 5.85. The minimum absolute atomic E-state index is 0.00342. The van der Waals surface area contributed by atoms with Crippen molar-refractivity contribution in [2.24, 2.45) is 5.92 Å². The van der Waals surface area contributed by atoms with Crippen molar-refractivity contribution >= 4 is 17.7 Å². The second kappa shape index (κ2) is 6.29. The van der Waals surface area contributed by atoms with E-state index in [-0.39, 0.29) is 11.8 Å². The van der Waals surface area contributed by atoms with E-state index in [4.69, 9.17) is 0 Å². The molecular weight excluding hydrogens is 284 g/mol. The Labute approximate surface area is 129 Å². The molecule has 7 heteroatoms. The predicted molar refractivity (Wildman–Crippen MR) is 79.3 cm³/mol. The number of carboxylic acids is 1. The topological polar surface area (TPSA) is 86.6 Å². The maximum Gasteiger partial charge on any atom is 0.326 e. The van der Waals surface area contributed by atoms with E-state index in [9.17, 15) is 14.7 Å². The average molecular weight is 304 g/mol. The number of hydrogen-bond acceptors (Lipinski definition) is 5. The van der Waals surface area contributed by atoms with Gasteiger partial charge >= 0.3 is 5.97 Å². The van der Waals surface area contributed by atoms with Crippen LogP contribution in [-0.2, 0) is 9.59 Å². The van der Waals surface area contributed by atoms with Gasteiger partial charge in [0.15, 0.2) is 0 Å². The largest absolute Gasteiger partial charge is 0.480 e. The van der Waals surface area contributed by atoms with E-state index in [2.05, 4.69) is 14.9 Å². The van der Waals surface area contributed by atoms with Gasteiger partial charge in [0.05, 0.1) is 6.20 Å². The lowest BCUT2D eigenvalue weighted by molar-refractivity contribution is -0.150. The maximum absolute atomic E-state index is 12.6. The minimum Gasteiger partial charge on any atom is -0.480 e. The molecule has 3 rings (SSSR count). The Balaban J connectivity index is 1.59. The van der Waals surface area contributed by atoms with Crippen LogP contribution in [0.4, 0.5) is 5.82 Å². The van der Waals surface area contributed by atoms with Gasteiger partial charge in [-0.15, -0.1) is 0 Å². The molecule has 118 valence electrons. The van der Waals surface area contributed by atoms with Crippen molar-refractivity contribution in [1.82, 2.24) is 14.9 Å². The predicted octanol–water partition coefficient (Wildman–Crippen LogP) is 0.769. The molecule has 0 aliphatic carbocycles. The Morgan fingerprint density at radius 1 is 1.14 bits per heavy atom. The van der Waals surface area contributed by atoms with Crippen molar-refractivity contribution in [3.63, 3.8) is 0 Å². The molecule has 2 saturated heterocycles. The number of aromatic nitrogens is 2. The molecule has 1 aromatic rings. The minimum atomic E-state index is -0.886. The Bertz CT molecular complexity index is 543. The molecule has 2 aliphatic heterocycles. The molecular formula is C15H20N4O3. The van der Waals surface area contributed by atoms with Gasteiger partial charge in [0, 0.05) is 37.9 Å². The van der Waals surface area contributed by atoms with Crippen LogP contribution in [0.5, 0.6) is 0 Å². The molecule has 3 heterocycles. The molecule has 0 saturated carbocycles. The van der Waals surface area contributed by atoms with Crippen LogP contribution in [0, 0.1) is 5.92 Å². The lowest BCUT2D eigenvalue weighted by Gasteiger charge is -2.34. The molecule has 22 heavy (non-hydrogen) atoms. The summed E-state index contributed by atoms with van der Waals surface area (Å²) in [5, 5.41) is 9.20. The van der Waals surface area contributed by atoms with Crippen LogP contribution in [-0.4, -0.2) is 57.5 Å². The smallest absolute Gasteiger partial charge is 0.326 e. The van der Waals surface area contributed by atoms with Crippen molar-refractivity contribution in [3.8, 4) is 0 Å². The summed E-state index contributed by atoms with van der Waals surface area (Å²) in [7, 11) is 0. The van der Waals surface area contributed by atoms with E-state index in [1.807, 2.05) is 0 Å². The van der Waals surface area contributed by atoms with Gasteiger partial charge in [-0.1, -0.05) is 0 Å². The van der Waals surface area contributed by atoms with E-state index in [1.165, 1.54) is 0 Å². The highest BCUT2D eigenvalue weighted by molar-refractivity contribution is 5.85. The van der Waals surface area contributed by atoms with Gasteiger partial charge in [-0.25, -0.2) is 9.78 Å². The van der Waals surface area contributed by atoms with E-state index < -0.39 is 12.0 Å². The molecule has 0 spiro atoms. The average Bonchev–Trinajstić information content (AvgIpc) is 3.05. The number of piperidine rings is 1. The third-order valence-corrected chi connectivity index (χ3v) is 4.54. The Kier molecular flexibility index (Phi) is 4.22. The van der Waals surface area contributed by atoms with E-state index in [0.717, 1.165) is 38.2 Å². The van der Waals surface area contributed by atoms with Gasteiger partial charge < -0.3 is 14.9 Å². The first-order valence-corrected chi connectivity index (χ1v) is 7.71. The van der Waals surface area contributed by atoms with Crippen LogP contribution < -0.4 is 4.90 Å². The number of amides is 1. The first-order valence-electron chi connectivity index (χ1n) is 7.71. The second-order valence-corrected chi connectivity index (χ2v) is 5.85. The van der Waals surface area contributed by atoms with Crippen LogP contribution in [0.3, 0.4) is 0 Å². The van der Waals surface area contributed by atoms with Crippen LogP contribution in [0.25, 0.3) is 0 Å². The zero-order valence-electron chi connectivity index (χ0n) is 12.4. The van der Waals surface area contributed by atoms with Crippen LogP contribution in [0.2, 0.25) is 0 Å². The number of nitrogens with zero attached hydrogens (tertiary/aromatic N) is 4. The van der Waals surface area contributed by atoms with Gasteiger partial charge in [0.2, 0.25) is 5.91 Å². The molecule has 1 amide bonds. The molecule has 2 fully saturated rings. The molecule has 0 aromatic carbocycles. The van der Waals surface area contributed by atoms with Crippen molar-refractivity contribution in [2.75, 3.05) is 24.5 Å². The third kappa shape index (κ3) is 2.88. The summed E-state index contributed by atoms with van der Waals surface area (Å²) in [6, 6.07) is -0.634. The number of rotatable bonds is 3. The standard InChI is InChI=1S/C15H20N4O3/c20-14(19-7-1-2-12(19)15(21)22)11-3-8-18(9-4-11)13-10-16-5-6-17-13/h5-6,10-12H,1-4,7-9H2,(H,21,22). The monoisotopic (exact) mass is 304 g/mol. The fourth-order valence-corrected chi connectivity index (χ4v) is 3.33. The number of carbonyl (C=O) groups excluding carboxylic acids is 1. The lowest BCUT2D eigenvalue weighted by atomic mass is 9.95. The van der Waals surface area contributed by atoms with Crippen molar-refractivity contribution in [3.05, 3.63) is 18.6 Å². The van der Waals surface area contributed by atoms with E-state index >= 15 is 0 Å². The van der Waals surface area contributed by atoms with Gasteiger partial charge in [0.25, 0.3) is 0 Å². The van der Waals surface area contributed by atoms with Gasteiger partial charge in [0.1, 0.15) is 11.9 Å². The highest BCUT2D eigenvalue weighted by Crippen LogP contribution is 2.26. The Morgan fingerprint density at radius 2 is 1.91 bits per heavy atom.